The maximum atomic E-state index is 14.4. The highest BCUT2D eigenvalue weighted by molar-refractivity contribution is 6.32. The fourth-order valence-corrected chi connectivity index (χ4v) is 5.61. The molecule has 0 N–H and O–H groups in total. The predicted octanol–water partition coefficient (Wildman–Crippen LogP) is 5.98. The summed E-state index contributed by atoms with van der Waals surface area (Å²) in [7, 11) is 0. The Balaban J connectivity index is 1.94. The molecule has 1 fully saturated rings. The van der Waals surface area contributed by atoms with Gasteiger partial charge < -0.3 is 9.47 Å². The smallest absolute Gasteiger partial charge is 0.434 e. The first-order chi connectivity index (χ1) is 17.2. The Bertz CT molecular complexity index is 1160. The van der Waals surface area contributed by atoms with Crippen LogP contribution in [0.3, 0.4) is 0 Å². The Hall–Kier alpha value is -2.87. The fourth-order valence-electron chi connectivity index (χ4n) is 5.48. The van der Waals surface area contributed by atoms with Crippen molar-refractivity contribution in [1.29, 1.82) is 0 Å². The monoisotopic (exact) mass is 512 g/mol. The second kappa shape index (κ2) is 10.6. The van der Waals surface area contributed by atoms with Gasteiger partial charge in [0, 0.05) is 23.8 Å². The summed E-state index contributed by atoms with van der Waals surface area (Å²) in [6.45, 7) is 11.5. The summed E-state index contributed by atoms with van der Waals surface area (Å²) >= 11 is 6.18. The van der Waals surface area contributed by atoms with Gasteiger partial charge in [0.2, 0.25) is 0 Å². The molecule has 2 aromatic carbocycles. The average molecular weight is 513 g/mol. The zero-order chi connectivity index (χ0) is 26.0. The number of hydroxylamine groups is 2. The van der Waals surface area contributed by atoms with Gasteiger partial charge in [-0.3, -0.25) is 14.5 Å². The van der Waals surface area contributed by atoms with Crippen molar-refractivity contribution in [3.05, 3.63) is 69.4 Å². The van der Waals surface area contributed by atoms with Crippen molar-refractivity contribution >= 4 is 34.9 Å². The first-order valence-electron chi connectivity index (χ1n) is 12.4. The van der Waals surface area contributed by atoms with E-state index in [2.05, 4.69) is 0 Å². The number of amides is 1. The summed E-state index contributed by atoms with van der Waals surface area (Å²) in [6.07, 6.45) is 0.220. The number of nitrogens with zero attached hydrogens (tertiary/aromatic N) is 2. The highest BCUT2D eigenvalue weighted by Crippen LogP contribution is 2.50. The summed E-state index contributed by atoms with van der Waals surface area (Å²) in [5.74, 6) is 0.128. The van der Waals surface area contributed by atoms with Crippen LogP contribution >= 0.6 is 11.6 Å². The van der Waals surface area contributed by atoms with Gasteiger partial charge in [0.05, 0.1) is 18.8 Å². The number of ether oxygens (including phenoxy) is 2. The van der Waals surface area contributed by atoms with Crippen molar-refractivity contribution in [1.82, 2.24) is 5.06 Å². The van der Waals surface area contributed by atoms with Gasteiger partial charge in [-0.25, -0.2) is 4.79 Å². The number of aryl methyl sites for hydroxylation is 3. The molecule has 0 radical (unpaired) electrons. The molecule has 2 aromatic rings. The van der Waals surface area contributed by atoms with E-state index in [1.165, 1.54) is 0 Å². The van der Waals surface area contributed by atoms with Crippen LogP contribution in [-0.4, -0.2) is 49.0 Å². The largest absolute Gasteiger partial charge is 0.513 e. The lowest BCUT2D eigenvalue weighted by Crippen LogP contribution is -2.56. The Kier molecular flexibility index (Phi) is 7.73. The third-order valence-corrected chi connectivity index (χ3v) is 7.07. The zero-order valence-electron chi connectivity index (χ0n) is 21.5. The van der Waals surface area contributed by atoms with Gasteiger partial charge in [0.25, 0.3) is 5.91 Å². The standard InChI is InChI=1S/C28H33ClN2O5/c1-6-34-27(33)36-25-24(23-19(4)16-18(3)17-20(23)5)26(32)31(22-10-8-21(29)9-11-22)28(25)12-14-30(15-13-28)35-7-2/h8-11,16-17H,6-7,12-15H2,1-5H3. The average Bonchev–Trinajstić information content (AvgIpc) is 3.03. The minimum atomic E-state index is -0.885. The quantitative estimate of drug-likeness (QED) is 0.443. The molecule has 1 amide bonds. The van der Waals surface area contributed by atoms with E-state index >= 15 is 0 Å². The van der Waals surface area contributed by atoms with Crippen LogP contribution < -0.4 is 4.90 Å². The van der Waals surface area contributed by atoms with E-state index in [1.54, 1.807) is 24.0 Å². The SMILES string of the molecule is CCOC(=O)OC1=C(c2c(C)cc(C)cc2C)C(=O)N(c2ccc(Cl)cc2)C12CCN(OCC)CC2. The number of rotatable bonds is 6. The molecule has 0 unspecified atom stereocenters. The number of carbonyl (C=O) groups is 2. The maximum Gasteiger partial charge on any atom is 0.513 e. The highest BCUT2D eigenvalue weighted by atomic mass is 35.5. The van der Waals surface area contributed by atoms with E-state index < -0.39 is 11.7 Å². The first-order valence-corrected chi connectivity index (χ1v) is 12.7. The third-order valence-electron chi connectivity index (χ3n) is 6.82. The lowest BCUT2D eigenvalue weighted by molar-refractivity contribution is -0.171. The molecular weight excluding hydrogens is 480 g/mol. The van der Waals surface area contributed by atoms with Crippen LogP contribution in [0.2, 0.25) is 5.02 Å². The topological polar surface area (TPSA) is 68.3 Å². The molecule has 1 saturated heterocycles. The third kappa shape index (κ3) is 4.75. The van der Waals surface area contributed by atoms with Crippen molar-refractivity contribution < 1.29 is 23.9 Å². The van der Waals surface area contributed by atoms with Crippen LogP contribution in [0.4, 0.5) is 10.5 Å². The van der Waals surface area contributed by atoms with Gasteiger partial charge in [-0.1, -0.05) is 29.3 Å². The molecule has 7 nitrogen and oxygen atoms in total. The number of halogens is 1. The second-order valence-electron chi connectivity index (χ2n) is 9.26. The lowest BCUT2D eigenvalue weighted by atomic mass is 9.83. The number of anilines is 1. The molecular formula is C28H33ClN2O5. The number of benzene rings is 2. The fraction of sp³-hybridized carbons (Fsp3) is 0.429. The van der Waals surface area contributed by atoms with Crippen LogP contribution in [0, 0.1) is 20.8 Å². The number of hydrogen-bond acceptors (Lipinski definition) is 6. The molecule has 0 atom stereocenters. The van der Waals surface area contributed by atoms with Crippen LogP contribution in [-0.2, 0) is 19.1 Å². The van der Waals surface area contributed by atoms with Gasteiger partial charge in [0.15, 0.2) is 5.76 Å². The van der Waals surface area contributed by atoms with Crippen LogP contribution in [0.15, 0.2) is 42.2 Å². The van der Waals surface area contributed by atoms with Crippen molar-refractivity contribution in [2.45, 2.75) is 53.0 Å². The van der Waals surface area contributed by atoms with Gasteiger partial charge in [-0.15, -0.1) is 0 Å². The number of carbonyl (C=O) groups excluding carboxylic acids is 2. The maximum absolute atomic E-state index is 14.4. The number of hydrogen-bond donors (Lipinski definition) is 0. The summed E-state index contributed by atoms with van der Waals surface area (Å²) in [5.41, 5.74) is 3.98. The van der Waals surface area contributed by atoms with E-state index in [-0.39, 0.29) is 12.5 Å². The molecule has 0 saturated carbocycles. The molecule has 8 heteroatoms. The molecule has 36 heavy (non-hydrogen) atoms. The highest BCUT2D eigenvalue weighted by Gasteiger charge is 2.56. The van der Waals surface area contributed by atoms with Crippen molar-refractivity contribution in [3.63, 3.8) is 0 Å². The van der Waals surface area contributed by atoms with Crippen LogP contribution in [0.5, 0.6) is 0 Å². The van der Waals surface area contributed by atoms with E-state index in [0.717, 1.165) is 22.3 Å². The lowest BCUT2D eigenvalue weighted by Gasteiger charge is -2.44. The molecule has 4 rings (SSSR count). The Labute approximate surface area is 217 Å². The van der Waals surface area contributed by atoms with E-state index in [4.69, 9.17) is 25.9 Å². The minimum absolute atomic E-state index is 0.171. The summed E-state index contributed by atoms with van der Waals surface area (Å²) in [5, 5.41) is 2.48. The molecule has 2 aliphatic rings. The Morgan fingerprint density at radius 2 is 1.61 bits per heavy atom. The minimum Gasteiger partial charge on any atom is -0.434 e. The van der Waals surface area contributed by atoms with Gasteiger partial charge >= 0.3 is 6.16 Å². The van der Waals surface area contributed by atoms with Crippen LogP contribution in [0.25, 0.3) is 5.57 Å². The molecule has 0 aromatic heterocycles. The van der Waals surface area contributed by atoms with Crippen molar-refractivity contribution in [3.8, 4) is 0 Å². The number of piperidine rings is 1. The molecule has 0 aliphatic carbocycles. The summed E-state index contributed by atoms with van der Waals surface area (Å²) in [6, 6.07) is 11.3. The Morgan fingerprint density at radius 3 is 2.17 bits per heavy atom. The van der Waals surface area contributed by atoms with Crippen LogP contribution in [0.1, 0.15) is 48.9 Å². The summed E-state index contributed by atoms with van der Waals surface area (Å²) < 4.78 is 11.1. The molecule has 0 bridgehead atoms. The molecule has 1 spiro atoms. The van der Waals surface area contributed by atoms with E-state index in [1.807, 2.05) is 57.0 Å². The first kappa shape index (κ1) is 26.2. The van der Waals surface area contributed by atoms with Gasteiger partial charge in [0.1, 0.15) is 5.54 Å². The van der Waals surface area contributed by atoms with E-state index in [9.17, 15) is 9.59 Å². The van der Waals surface area contributed by atoms with Gasteiger partial charge in [-0.2, -0.15) is 5.06 Å². The summed E-state index contributed by atoms with van der Waals surface area (Å²) in [4.78, 5) is 34.6. The normalized spacial score (nSPS) is 17.7. The zero-order valence-corrected chi connectivity index (χ0v) is 22.3. The molecule has 2 aliphatic heterocycles. The predicted molar refractivity (Wildman–Crippen MR) is 140 cm³/mol. The molecule has 192 valence electrons. The second-order valence-corrected chi connectivity index (χ2v) is 9.69. The Morgan fingerprint density at radius 1 is 1.00 bits per heavy atom. The van der Waals surface area contributed by atoms with E-state index in [0.29, 0.717) is 54.6 Å². The van der Waals surface area contributed by atoms with Gasteiger partial charge in [-0.05, 0) is 88.4 Å². The molecule has 2 heterocycles. The van der Waals surface area contributed by atoms with Crippen molar-refractivity contribution in [2.75, 3.05) is 31.2 Å². The van der Waals surface area contributed by atoms with Crippen molar-refractivity contribution in [2.24, 2.45) is 0 Å².